The summed E-state index contributed by atoms with van der Waals surface area (Å²) >= 11 is 0. The molecule has 1 aliphatic heterocycles. The van der Waals surface area contributed by atoms with Crippen LogP contribution in [0.3, 0.4) is 0 Å². The maximum absolute atomic E-state index is 6.06. The first-order valence-corrected chi connectivity index (χ1v) is 7.38. The number of hydrogen-bond acceptors (Lipinski definition) is 3. The van der Waals surface area contributed by atoms with E-state index in [1.807, 2.05) is 0 Å². The molecule has 1 saturated carbocycles. The number of anilines is 1. The van der Waals surface area contributed by atoms with Crippen molar-refractivity contribution in [1.82, 2.24) is 5.32 Å². The summed E-state index contributed by atoms with van der Waals surface area (Å²) in [5, 5.41) is 3.23. The molecule has 3 N–H and O–H groups in total. The largest absolute Gasteiger partial charge is 0.320 e. The second-order valence-corrected chi connectivity index (χ2v) is 5.57. The quantitative estimate of drug-likeness (QED) is 0.856. The molecule has 2 aliphatic rings. The maximum Gasteiger partial charge on any atom is 0.136 e. The van der Waals surface area contributed by atoms with Gasteiger partial charge < -0.3 is 4.90 Å². The van der Waals surface area contributed by atoms with Gasteiger partial charge in [0, 0.05) is 18.4 Å². The van der Waals surface area contributed by atoms with Crippen LogP contribution in [0.2, 0.25) is 0 Å². The third-order valence-electron chi connectivity index (χ3n) is 4.28. The minimum atomic E-state index is -0.120. The van der Waals surface area contributed by atoms with Crippen LogP contribution >= 0.6 is 0 Å². The Bertz CT molecular complexity index is 432. The summed E-state index contributed by atoms with van der Waals surface area (Å²) in [6.45, 7) is 0.845. The molecule has 0 amide bonds. The van der Waals surface area contributed by atoms with Gasteiger partial charge in [-0.15, -0.1) is 0 Å². The fraction of sp³-hybridized carbons (Fsp3) is 0.500. The van der Waals surface area contributed by atoms with Gasteiger partial charge >= 0.3 is 0 Å². The lowest BCUT2D eigenvalue weighted by atomic mass is 9.84. The molecule has 3 heteroatoms. The molecule has 1 aromatic carbocycles. The van der Waals surface area contributed by atoms with E-state index in [1.165, 1.54) is 37.7 Å². The van der Waals surface area contributed by atoms with Crippen molar-refractivity contribution in [2.75, 3.05) is 11.4 Å². The van der Waals surface area contributed by atoms with Crippen LogP contribution < -0.4 is 16.0 Å². The Balaban J connectivity index is 1.74. The summed E-state index contributed by atoms with van der Waals surface area (Å²) in [6.07, 6.45) is 10.9. The molecule has 0 radical (unpaired) electrons. The van der Waals surface area contributed by atoms with Gasteiger partial charge in [-0.05, 0) is 36.5 Å². The van der Waals surface area contributed by atoms with Crippen LogP contribution in [-0.4, -0.2) is 12.8 Å². The van der Waals surface area contributed by atoms with Gasteiger partial charge in [-0.1, -0.05) is 37.5 Å². The molecule has 0 aromatic heterocycles. The second-order valence-electron chi connectivity index (χ2n) is 5.57. The molecule has 1 unspecified atom stereocenters. The van der Waals surface area contributed by atoms with Gasteiger partial charge in [-0.25, -0.2) is 0 Å². The first-order valence-electron chi connectivity index (χ1n) is 7.38. The van der Waals surface area contributed by atoms with Crippen molar-refractivity contribution in [3.63, 3.8) is 0 Å². The molecule has 3 rings (SSSR count). The number of nitrogens with zero attached hydrogens (tertiary/aromatic N) is 1. The van der Waals surface area contributed by atoms with Gasteiger partial charge in [0.1, 0.15) is 6.29 Å². The Morgan fingerprint density at radius 1 is 1.05 bits per heavy atom. The zero-order valence-electron chi connectivity index (χ0n) is 11.4. The zero-order valence-corrected chi connectivity index (χ0v) is 11.4. The molecule has 0 bridgehead atoms. The SMILES string of the molecule is NC1NCC=CN1c1ccc(C2CCCCC2)cc1. The van der Waals surface area contributed by atoms with E-state index in [1.54, 1.807) is 0 Å². The van der Waals surface area contributed by atoms with Gasteiger partial charge in [0.05, 0.1) is 0 Å². The molecular formula is C16H23N3. The fourth-order valence-electron chi connectivity index (χ4n) is 3.15. The van der Waals surface area contributed by atoms with Gasteiger partial charge in [0.2, 0.25) is 0 Å². The minimum absolute atomic E-state index is 0.120. The lowest BCUT2D eigenvalue weighted by molar-refractivity contribution is 0.443. The summed E-state index contributed by atoms with van der Waals surface area (Å²) in [4.78, 5) is 2.08. The predicted molar refractivity (Wildman–Crippen MR) is 79.9 cm³/mol. The lowest BCUT2D eigenvalue weighted by Crippen LogP contribution is -2.52. The number of hydrogen-bond donors (Lipinski definition) is 2. The molecular weight excluding hydrogens is 234 g/mol. The third kappa shape index (κ3) is 2.82. The highest BCUT2D eigenvalue weighted by atomic mass is 15.3. The van der Waals surface area contributed by atoms with Gasteiger partial charge in [-0.2, -0.15) is 0 Å². The molecule has 1 aromatic rings. The first kappa shape index (κ1) is 12.7. The highest BCUT2D eigenvalue weighted by Gasteiger charge is 2.17. The van der Waals surface area contributed by atoms with E-state index >= 15 is 0 Å². The molecule has 102 valence electrons. The van der Waals surface area contributed by atoms with E-state index in [9.17, 15) is 0 Å². The van der Waals surface area contributed by atoms with Crippen molar-refractivity contribution in [2.45, 2.75) is 44.3 Å². The van der Waals surface area contributed by atoms with Crippen LogP contribution in [0.15, 0.2) is 36.5 Å². The summed E-state index contributed by atoms with van der Waals surface area (Å²) < 4.78 is 0. The maximum atomic E-state index is 6.06. The molecule has 1 aliphatic carbocycles. The Morgan fingerprint density at radius 2 is 1.79 bits per heavy atom. The molecule has 3 nitrogen and oxygen atoms in total. The molecule has 1 atom stereocenters. The van der Waals surface area contributed by atoms with Crippen molar-refractivity contribution in [2.24, 2.45) is 5.73 Å². The van der Waals surface area contributed by atoms with Crippen LogP contribution in [0, 0.1) is 0 Å². The Labute approximate surface area is 115 Å². The van der Waals surface area contributed by atoms with E-state index in [4.69, 9.17) is 5.73 Å². The van der Waals surface area contributed by atoms with E-state index < -0.39 is 0 Å². The fourth-order valence-corrected chi connectivity index (χ4v) is 3.15. The average Bonchev–Trinajstić information content (AvgIpc) is 2.49. The number of benzene rings is 1. The number of nitrogens with two attached hydrogens (primary N) is 1. The van der Waals surface area contributed by atoms with Crippen molar-refractivity contribution in [3.8, 4) is 0 Å². The second kappa shape index (κ2) is 5.76. The lowest BCUT2D eigenvalue weighted by Gasteiger charge is -2.31. The van der Waals surface area contributed by atoms with E-state index in [-0.39, 0.29) is 6.29 Å². The van der Waals surface area contributed by atoms with Crippen molar-refractivity contribution < 1.29 is 0 Å². The first-order chi connectivity index (χ1) is 9.34. The smallest absolute Gasteiger partial charge is 0.136 e. The highest BCUT2D eigenvalue weighted by molar-refractivity contribution is 5.52. The average molecular weight is 257 g/mol. The summed E-state index contributed by atoms with van der Waals surface area (Å²) in [6, 6.07) is 8.95. The molecule has 1 fully saturated rings. The number of rotatable bonds is 2. The zero-order chi connectivity index (χ0) is 13.1. The van der Waals surface area contributed by atoms with Gasteiger partial charge in [-0.3, -0.25) is 11.1 Å². The molecule has 0 saturated heterocycles. The Morgan fingerprint density at radius 3 is 2.47 bits per heavy atom. The molecule has 1 heterocycles. The monoisotopic (exact) mass is 257 g/mol. The van der Waals surface area contributed by atoms with E-state index in [0.717, 1.165) is 18.2 Å². The van der Waals surface area contributed by atoms with Crippen LogP contribution in [0.1, 0.15) is 43.6 Å². The Kier molecular flexibility index (Phi) is 3.85. The molecule has 0 spiro atoms. The summed E-state index contributed by atoms with van der Waals surface area (Å²) in [5.74, 6) is 0.770. The van der Waals surface area contributed by atoms with Crippen LogP contribution in [0.4, 0.5) is 5.69 Å². The van der Waals surface area contributed by atoms with Crippen LogP contribution in [0.5, 0.6) is 0 Å². The molecule has 19 heavy (non-hydrogen) atoms. The van der Waals surface area contributed by atoms with Gasteiger partial charge in [0.25, 0.3) is 0 Å². The van der Waals surface area contributed by atoms with Crippen molar-refractivity contribution in [1.29, 1.82) is 0 Å². The summed E-state index contributed by atoms with van der Waals surface area (Å²) in [5.41, 5.74) is 8.71. The topological polar surface area (TPSA) is 41.3 Å². The predicted octanol–water partition coefficient (Wildman–Crippen LogP) is 2.90. The van der Waals surface area contributed by atoms with Gasteiger partial charge in [0.15, 0.2) is 0 Å². The number of nitrogens with one attached hydrogen (secondary N) is 1. The third-order valence-corrected chi connectivity index (χ3v) is 4.28. The Hall–Kier alpha value is -1.32. The summed E-state index contributed by atoms with van der Waals surface area (Å²) in [7, 11) is 0. The van der Waals surface area contributed by atoms with Crippen LogP contribution in [-0.2, 0) is 0 Å². The minimum Gasteiger partial charge on any atom is -0.320 e. The highest BCUT2D eigenvalue weighted by Crippen LogP contribution is 2.33. The normalized spacial score (nSPS) is 24.7. The van der Waals surface area contributed by atoms with Crippen molar-refractivity contribution in [3.05, 3.63) is 42.1 Å². The standard InChI is InChI=1S/C16H23N3/c17-16-18-11-4-12-19(16)15-9-7-14(8-10-15)13-5-2-1-3-6-13/h4,7-10,12-13,16,18H,1-3,5-6,11,17H2. The van der Waals surface area contributed by atoms with E-state index in [2.05, 4.69) is 46.8 Å². The van der Waals surface area contributed by atoms with E-state index in [0.29, 0.717) is 0 Å². The van der Waals surface area contributed by atoms with Crippen molar-refractivity contribution >= 4 is 5.69 Å². The van der Waals surface area contributed by atoms with Crippen LogP contribution in [0.25, 0.3) is 0 Å².